The molecule has 8 nitrogen and oxygen atoms in total. The van der Waals surface area contributed by atoms with Gasteiger partial charge in [0, 0.05) is 16.6 Å². The summed E-state index contributed by atoms with van der Waals surface area (Å²) in [5.74, 6) is 1.10. The van der Waals surface area contributed by atoms with E-state index in [0.29, 0.717) is 25.8 Å². The lowest BCUT2D eigenvalue weighted by Gasteiger charge is -2.22. The quantitative estimate of drug-likeness (QED) is 0.433. The molecule has 3 rings (SSSR count). The number of fused-ring (bicyclic) bond motifs is 2. The monoisotopic (exact) mass is 362 g/mol. The van der Waals surface area contributed by atoms with Crippen molar-refractivity contribution in [2.75, 3.05) is 6.61 Å². The molecule has 0 saturated carbocycles. The zero-order valence-corrected chi connectivity index (χ0v) is 14.1. The number of hydroxylamine groups is 1. The van der Waals surface area contributed by atoms with E-state index >= 15 is 0 Å². The van der Waals surface area contributed by atoms with Gasteiger partial charge in [0.2, 0.25) is 20.9 Å². The molecule has 25 heavy (non-hydrogen) atoms. The first kappa shape index (κ1) is 16.9. The van der Waals surface area contributed by atoms with Crippen molar-refractivity contribution in [3.05, 3.63) is 48.5 Å². The molecule has 0 saturated heterocycles. The molecule has 3 N–H and O–H groups in total. The van der Waals surface area contributed by atoms with Crippen LogP contribution < -0.4 is 15.6 Å². The number of amides is 3. The summed E-state index contributed by atoms with van der Waals surface area (Å²) in [6.45, 7) is 1.80. The Balaban J connectivity index is 1.85. The van der Waals surface area contributed by atoms with Gasteiger partial charge in [0.05, 0.1) is 6.61 Å². The first-order valence-corrected chi connectivity index (χ1v) is 8.62. The van der Waals surface area contributed by atoms with E-state index in [4.69, 9.17) is 4.74 Å². The van der Waals surface area contributed by atoms with E-state index in [2.05, 4.69) is 15.6 Å². The number of hydrazine groups is 1. The Labute approximate surface area is 146 Å². The van der Waals surface area contributed by atoms with Crippen molar-refractivity contribution >= 4 is 23.2 Å². The standard InChI is InChI=1S/C16H15N3O5S/c1-2-23-16(21)18-17-15(20)19(22)25-13-9-5-3-7-11(13)24-12-8-4-6-10-14(12)25/h3-10,22H,2H2,1H3,(H-,17,18,20,21)/p+1. The highest BCUT2D eigenvalue weighted by molar-refractivity contribution is 7.95. The molecule has 0 radical (unpaired) electrons. The van der Waals surface area contributed by atoms with Gasteiger partial charge in [0.15, 0.2) is 11.5 Å². The average Bonchev–Trinajstić information content (AvgIpc) is 2.63. The predicted molar refractivity (Wildman–Crippen MR) is 89.2 cm³/mol. The number of carbonyl (C=O) groups excluding carboxylic acids is 2. The van der Waals surface area contributed by atoms with Gasteiger partial charge < -0.3 is 9.47 Å². The van der Waals surface area contributed by atoms with Crippen LogP contribution in [0.3, 0.4) is 0 Å². The van der Waals surface area contributed by atoms with Gasteiger partial charge >= 0.3 is 12.1 Å². The SMILES string of the molecule is CCOC(=O)NNC(=O)N(O)[S+]1c2ccccc2Oc2ccccc21. The number of rotatable bonds is 2. The highest BCUT2D eigenvalue weighted by atomic mass is 32.2. The average molecular weight is 362 g/mol. The predicted octanol–water partition coefficient (Wildman–Crippen LogP) is 2.81. The molecular weight excluding hydrogens is 346 g/mol. The van der Waals surface area contributed by atoms with Crippen molar-refractivity contribution < 1.29 is 24.3 Å². The Bertz CT molecular complexity index is 755. The maximum Gasteiger partial charge on any atom is 0.426 e. The van der Waals surface area contributed by atoms with E-state index in [9.17, 15) is 14.8 Å². The first-order valence-electron chi connectivity index (χ1n) is 7.44. The minimum atomic E-state index is -1.13. The van der Waals surface area contributed by atoms with Crippen LogP contribution in [0, 0.1) is 0 Å². The minimum absolute atomic E-state index is 0.160. The van der Waals surface area contributed by atoms with E-state index in [0.717, 1.165) is 0 Å². The zero-order chi connectivity index (χ0) is 17.8. The molecule has 0 atom stereocenters. The molecule has 1 aliphatic rings. The summed E-state index contributed by atoms with van der Waals surface area (Å²) in [6, 6.07) is 13.3. The van der Waals surface area contributed by atoms with Gasteiger partial charge in [0.25, 0.3) is 0 Å². The normalized spacial score (nSPS) is 12.2. The summed E-state index contributed by atoms with van der Waals surface area (Å²) < 4.78 is 11.0. The van der Waals surface area contributed by atoms with Crippen molar-refractivity contribution in [1.29, 1.82) is 0 Å². The number of hydrogen-bond donors (Lipinski definition) is 3. The van der Waals surface area contributed by atoms with Gasteiger partial charge in [0.1, 0.15) is 0 Å². The van der Waals surface area contributed by atoms with Gasteiger partial charge in [-0.25, -0.2) is 25.6 Å². The largest absolute Gasteiger partial charge is 0.449 e. The van der Waals surface area contributed by atoms with Crippen molar-refractivity contribution in [2.24, 2.45) is 0 Å². The number of carbonyl (C=O) groups is 2. The maximum absolute atomic E-state index is 12.2. The van der Waals surface area contributed by atoms with Crippen LogP contribution >= 0.6 is 0 Å². The molecule has 0 fully saturated rings. The van der Waals surface area contributed by atoms with Crippen LogP contribution in [0.25, 0.3) is 0 Å². The Morgan fingerprint density at radius 1 is 1.08 bits per heavy atom. The lowest BCUT2D eigenvalue weighted by molar-refractivity contribution is 0.0454. The molecule has 2 aromatic rings. The third-order valence-electron chi connectivity index (χ3n) is 3.23. The number of para-hydroxylation sites is 2. The molecule has 130 valence electrons. The Morgan fingerprint density at radius 2 is 1.64 bits per heavy atom. The molecule has 1 aliphatic heterocycles. The second-order valence-electron chi connectivity index (χ2n) is 4.83. The second kappa shape index (κ2) is 7.32. The maximum atomic E-state index is 12.2. The number of nitrogens with zero attached hydrogens (tertiary/aromatic N) is 1. The van der Waals surface area contributed by atoms with E-state index in [1.807, 2.05) is 0 Å². The highest BCUT2D eigenvalue weighted by Crippen LogP contribution is 2.44. The summed E-state index contributed by atoms with van der Waals surface area (Å²) in [4.78, 5) is 24.8. The molecule has 0 bridgehead atoms. The summed E-state index contributed by atoms with van der Waals surface area (Å²) >= 11 is -1.13. The van der Waals surface area contributed by atoms with Gasteiger partial charge in [-0.2, -0.15) is 0 Å². The number of nitrogens with one attached hydrogen (secondary N) is 2. The lowest BCUT2D eigenvalue weighted by Crippen LogP contribution is -2.50. The number of urea groups is 1. The fourth-order valence-corrected chi connectivity index (χ4v) is 4.05. The number of ether oxygens (including phenoxy) is 2. The molecule has 0 spiro atoms. The second-order valence-corrected chi connectivity index (χ2v) is 6.62. The minimum Gasteiger partial charge on any atom is -0.449 e. The van der Waals surface area contributed by atoms with Crippen LogP contribution in [0.5, 0.6) is 11.5 Å². The van der Waals surface area contributed by atoms with Crippen molar-refractivity contribution in [3.8, 4) is 11.5 Å². The van der Waals surface area contributed by atoms with Crippen LogP contribution in [0.2, 0.25) is 0 Å². The van der Waals surface area contributed by atoms with Crippen molar-refractivity contribution in [2.45, 2.75) is 16.7 Å². The smallest absolute Gasteiger partial charge is 0.426 e. The van der Waals surface area contributed by atoms with Crippen LogP contribution in [-0.2, 0) is 15.8 Å². The van der Waals surface area contributed by atoms with Crippen LogP contribution in [-0.4, -0.2) is 28.4 Å². The van der Waals surface area contributed by atoms with E-state index in [1.54, 1.807) is 55.5 Å². The van der Waals surface area contributed by atoms with E-state index in [1.165, 1.54) is 0 Å². The molecule has 9 heteroatoms. The summed E-state index contributed by atoms with van der Waals surface area (Å²) in [7, 11) is 0. The van der Waals surface area contributed by atoms with Crippen LogP contribution in [0.15, 0.2) is 58.3 Å². The van der Waals surface area contributed by atoms with E-state index < -0.39 is 23.2 Å². The molecule has 1 heterocycles. The third kappa shape index (κ3) is 3.47. The fourth-order valence-electron chi connectivity index (χ4n) is 2.21. The van der Waals surface area contributed by atoms with Gasteiger partial charge in [-0.15, -0.1) is 0 Å². The molecular formula is C16H16N3O5S+. The molecule has 2 aromatic carbocycles. The third-order valence-corrected chi connectivity index (χ3v) is 5.25. The number of hydrogen-bond acceptors (Lipinski definition) is 5. The molecule has 0 aromatic heterocycles. The first-order chi connectivity index (χ1) is 12.1. The van der Waals surface area contributed by atoms with Crippen molar-refractivity contribution in [3.63, 3.8) is 0 Å². The topological polar surface area (TPSA) is 100 Å². The Morgan fingerprint density at radius 3 is 2.20 bits per heavy atom. The summed E-state index contributed by atoms with van der Waals surface area (Å²) in [5.41, 5.74) is 4.17. The molecule has 0 unspecified atom stereocenters. The Kier molecular flexibility index (Phi) is 4.96. The summed E-state index contributed by atoms with van der Waals surface area (Å²) in [5, 5.41) is 10.5. The summed E-state index contributed by atoms with van der Waals surface area (Å²) in [6.07, 6.45) is -0.819. The lowest BCUT2D eigenvalue weighted by atomic mass is 10.3. The molecule has 3 amide bonds. The van der Waals surface area contributed by atoms with E-state index in [-0.39, 0.29) is 6.61 Å². The Hall–Kier alpha value is -2.91. The zero-order valence-electron chi connectivity index (χ0n) is 13.3. The fraction of sp³-hybridized carbons (Fsp3) is 0.125. The van der Waals surface area contributed by atoms with Gasteiger partial charge in [-0.3, -0.25) is 0 Å². The highest BCUT2D eigenvalue weighted by Gasteiger charge is 2.45. The van der Waals surface area contributed by atoms with Gasteiger partial charge in [-0.1, -0.05) is 24.3 Å². The number of benzene rings is 2. The van der Waals surface area contributed by atoms with Crippen molar-refractivity contribution in [1.82, 2.24) is 15.3 Å². The molecule has 0 aliphatic carbocycles. The van der Waals surface area contributed by atoms with Crippen LogP contribution in [0.4, 0.5) is 9.59 Å². The van der Waals surface area contributed by atoms with Gasteiger partial charge in [-0.05, 0) is 19.1 Å². The van der Waals surface area contributed by atoms with Crippen LogP contribution in [0.1, 0.15) is 6.92 Å².